The van der Waals surface area contributed by atoms with Gasteiger partial charge in [0.05, 0.1) is 0 Å². The molecule has 0 amide bonds. The summed E-state index contributed by atoms with van der Waals surface area (Å²) in [6, 6.07) is 12.4. The number of halogens is 2. The third-order valence-corrected chi connectivity index (χ3v) is 3.08. The van der Waals surface area contributed by atoms with E-state index < -0.39 is 0 Å². The molecule has 0 saturated carbocycles. The van der Waals surface area contributed by atoms with E-state index in [1.807, 2.05) is 26.0 Å². The summed E-state index contributed by atoms with van der Waals surface area (Å²) in [7, 11) is 0. The van der Waals surface area contributed by atoms with Gasteiger partial charge in [0.25, 0.3) is 0 Å². The van der Waals surface area contributed by atoms with Crippen molar-refractivity contribution in [3.05, 3.63) is 58.7 Å². The van der Waals surface area contributed by atoms with Gasteiger partial charge in [-0.3, -0.25) is 0 Å². The van der Waals surface area contributed by atoms with Crippen LogP contribution in [0.2, 0.25) is 0 Å². The van der Waals surface area contributed by atoms with E-state index in [1.165, 1.54) is 11.1 Å². The van der Waals surface area contributed by atoms with Crippen LogP contribution in [-0.2, 0) is 6.42 Å². The molecule has 0 bridgehead atoms. The van der Waals surface area contributed by atoms with Crippen LogP contribution in [0.25, 0.3) is 0 Å². The highest BCUT2D eigenvalue weighted by Crippen LogP contribution is 2.18. The van der Waals surface area contributed by atoms with Crippen molar-refractivity contribution in [2.45, 2.75) is 20.3 Å². The van der Waals surface area contributed by atoms with Crippen LogP contribution in [0, 0.1) is 13.8 Å². The minimum Gasteiger partial charge on any atom is -0.399 e. The first-order valence-electron chi connectivity index (χ1n) is 5.76. The van der Waals surface area contributed by atoms with Gasteiger partial charge in [-0.05, 0) is 54.7 Å². The topological polar surface area (TPSA) is 52.0 Å². The molecular weight excluding hydrogens is 279 g/mol. The molecule has 0 spiro atoms. The van der Waals surface area contributed by atoms with Crippen LogP contribution < -0.4 is 11.5 Å². The second-order valence-corrected chi connectivity index (χ2v) is 4.56. The van der Waals surface area contributed by atoms with E-state index in [0.29, 0.717) is 0 Å². The van der Waals surface area contributed by atoms with Crippen LogP contribution in [-0.4, -0.2) is 0 Å². The van der Waals surface area contributed by atoms with Crippen LogP contribution >= 0.6 is 24.8 Å². The number of anilines is 2. The first-order chi connectivity index (χ1) is 8.06. The molecule has 4 N–H and O–H groups in total. The fourth-order valence-electron chi connectivity index (χ4n) is 1.93. The van der Waals surface area contributed by atoms with Crippen LogP contribution in [0.4, 0.5) is 11.4 Å². The summed E-state index contributed by atoms with van der Waals surface area (Å²) in [4.78, 5) is 0. The number of aryl methyl sites for hydroxylation is 2. The third-order valence-electron chi connectivity index (χ3n) is 3.08. The normalized spacial score (nSPS) is 9.37. The Morgan fingerprint density at radius 3 is 1.42 bits per heavy atom. The lowest BCUT2D eigenvalue weighted by atomic mass is 10.0. The predicted molar refractivity (Wildman–Crippen MR) is 88.5 cm³/mol. The highest BCUT2D eigenvalue weighted by molar-refractivity contribution is 5.85. The Balaban J connectivity index is 0.00000162. The van der Waals surface area contributed by atoms with Crippen LogP contribution in [0.1, 0.15) is 22.3 Å². The van der Waals surface area contributed by atoms with Crippen molar-refractivity contribution in [1.82, 2.24) is 0 Å². The molecule has 2 aromatic rings. The molecule has 0 fully saturated rings. The molecule has 2 nitrogen and oxygen atoms in total. The molecule has 0 aliphatic rings. The van der Waals surface area contributed by atoms with E-state index in [-0.39, 0.29) is 24.8 Å². The van der Waals surface area contributed by atoms with E-state index in [2.05, 4.69) is 24.3 Å². The Morgan fingerprint density at radius 1 is 0.737 bits per heavy atom. The number of nitrogen functional groups attached to an aromatic ring is 2. The summed E-state index contributed by atoms with van der Waals surface area (Å²) in [6.07, 6.45) is 0.919. The van der Waals surface area contributed by atoms with Gasteiger partial charge in [-0.1, -0.05) is 24.3 Å². The second kappa shape index (κ2) is 7.27. The molecular formula is C15H20Cl2N2. The lowest BCUT2D eigenvalue weighted by Gasteiger charge is -2.07. The average molecular weight is 299 g/mol. The van der Waals surface area contributed by atoms with Crippen molar-refractivity contribution >= 4 is 36.2 Å². The average Bonchev–Trinajstić information content (AvgIpc) is 2.29. The molecule has 0 atom stereocenters. The minimum atomic E-state index is 0. The van der Waals surface area contributed by atoms with E-state index >= 15 is 0 Å². The molecule has 0 aromatic heterocycles. The molecule has 4 heteroatoms. The number of nitrogens with two attached hydrogens (primary N) is 2. The summed E-state index contributed by atoms with van der Waals surface area (Å²) in [5.74, 6) is 0. The number of rotatable bonds is 2. The zero-order valence-electron chi connectivity index (χ0n) is 11.1. The van der Waals surface area contributed by atoms with Gasteiger partial charge in [0.2, 0.25) is 0 Å². The maximum atomic E-state index is 5.81. The predicted octanol–water partition coefficient (Wildman–Crippen LogP) is 3.90. The molecule has 2 rings (SSSR count). The lowest BCUT2D eigenvalue weighted by molar-refractivity contribution is 1.17. The Kier molecular flexibility index (Phi) is 6.74. The maximum Gasteiger partial charge on any atom is 0.0343 e. The molecule has 19 heavy (non-hydrogen) atoms. The number of hydrogen-bond donors (Lipinski definition) is 2. The van der Waals surface area contributed by atoms with Gasteiger partial charge in [-0.2, -0.15) is 0 Å². The third kappa shape index (κ3) is 4.34. The van der Waals surface area contributed by atoms with E-state index in [9.17, 15) is 0 Å². The van der Waals surface area contributed by atoms with E-state index in [4.69, 9.17) is 11.5 Å². The summed E-state index contributed by atoms with van der Waals surface area (Å²) in [5, 5.41) is 0. The van der Waals surface area contributed by atoms with Gasteiger partial charge in [-0.15, -0.1) is 24.8 Å². The van der Waals surface area contributed by atoms with E-state index in [1.54, 1.807) is 0 Å². The van der Waals surface area contributed by atoms with Crippen molar-refractivity contribution in [3.63, 3.8) is 0 Å². The standard InChI is InChI=1S/C15H18N2.2ClH/c1-10-7-12(3-5-14(10)16)9-13-4-6-15(17)11(2)8-13;;/h3-8H,9,16-17H2,1-2H3;2*1H. The Hall–Kier alpha value is -1.38. The molecule has 0 unspecified atom stereocenters. The van der Waals surface area contributed by atoms with Gasteiger partial charge in [0.1, 0.15) is 0 Å². The zero-order valence-corrected chi connectivity index (χ0v) is 12.8. The summed E-state index contributed by atoms with van der Waals surface area (Å²) in [6.45, 7) is 4.07. The summed E-state index contributed by atoms with van der Waals surface area (Å²) >= 11 is 0. The first kappa shape index (κ1) is 17.6. The Bertz CT molecular complexity index is 504. The summed E-state index contributed by atoms with van der Waals surface area (Å²) < 4.78 is 0. The zero-order chi connectivity index (χ0) is 12.4. The van der Waals surface area contributed by atoms with Gasteiger partial charge >= 0.3 is 0 Å². The van der Waals surface area contributed by atoms with Gasteiger partial charge in [-0.25, -0.2) is 0 Å². The molecule has 0 aliphatic carbocycles. The maximum absolute atomic E-state index is 5.81. The van der Waals surface area contributed by atoms with Crippen LogP contribution in [0.3, 0.4) is 0 Å². The first-order valence-corrected chi connectivity index (χ1v) is 5.76. The van der Waals surface area contributed by atoms with Crippen molar-refractivity contribution in [2.75, 3.05) is 11.5 Å². The molecule has 2 aromatic carbocycles. The number of benzene rings is 2. The number of hydrogen-bond acceptors (Lipinski definition) is 2. The smallest absolute Gasteiger partial charge is 0.0343 e. The fraction of sp³-hybridized carbons (Fsp3) is 0.200. The Morgan fingerprint density at radius 2 is 1.11 bits per heavy atom. The SMILES string of the molecule is Cc1cc(Cc2ccc(N)c(C)c2)ccc1N.Cl.Cl. The van der Waals surface area contributed by atoms with Crippen molar-refractivity contribution in [2.24, 2.45) is 0 Å². The molecule has 104 valence electrons. The molecule has 0 heterocycles. The summed E-state index contributed by atoms with van der Waals surface area (Å²) in [5.41, 5.74) is 18.1. The lowest BCUT2D eigenvalue weighted by Crippen LogP contribution is -1.95. The van der Waals surface area contributed by atoms with Crippen molar-refractivity contribution in [1.29, 1.82) is 0 Å². The molecule has 0 saturated heterocycles. The molecule has 0 radical (unpaired) electrons. The van der Waals surface area contributed by atoms with E-state index in [0.717, 1.165) is 28.9 Å². The second-order valence-electron chi connectivity index (χ2n) is 4.56. The fourth-order valence-corrected chi connectivity index (χ4v) is 1.93. The minimum absolute atomic E-state index is 0. The van der Waals surface area contributed by atoms with Gasteiger partial charge in [0.15, 0.2) is 0 Å². The monoisotopic (exact) mass is 298 g/mol. The van der Waals surface area contributed by atoms with Crippen LogP contribution in [0.5, 0.6) is 0 Å². The van der Waals surface area contributed by atoms with Gasteiger partial charge in [0, 0.05) is 11.4 Å². The largest absolute Gasteiger partial charge is 0.399 e. The molecule has 0 aliphatic heterocycles. The van der Waals surface area contributed by atoms with Crippen LogP contribution in [0.15, 0.2) is 36.4 Å². The Labute approximate surface area is 127 Å². The van der Waals surface area contributed by atoms with Crippen molar-refractivity contribution in [3.8, 4) is 0 Å². The highest BCUT2D eigenvalue weighted by Gasteiger charge is 2.01. The quantitative estimate of drug-likeness (QED) is 0.826. The van der Waals surface area contributed by atoms with Crippen molar-refractivity contribution < 1.29 is 0 Å². The van der Waals surface area contributed by atoms with Gasteiger partial charge < -0.3 is 11.5 Å². The highest BCUT2D eigenvalue weighted by atomic mass is 35.5.